The van der Waals surface area contributed by atoms with Crippen molar-refractivity contribution >= 4 is 23.3 Å². The molecular formula is C27H18F2N4O4. The first-order chi connectivity index (χ1) is 17.9. The van der Waals surface area contributed by atoms with Gasteiger partial charge in [0.2, 0.25) is 11.3 Å². The van der Waals surface area contributed by atoms with Gasteiger partial charge in [-0.1, -0.05) is 12.1 Å². The molecule has 0 unspecified atom stereocenters. The fourth-order valence-corrected chi connectivity index (χ4v) is 4.50. The molecule has 2 amide bonds. The minimum atomic E-state index is -0.750. The van der Waals surface area contributed by atoms with E-state index in [9.17, 15) is 23.2 Å². The minimum Gasteiger partial charge on any atom is -0.454 e. The van der Waals surface area contributed by atoms with E-state index in [1.54, 1.807) is 6.07 Å². The van der Waals surface area contributed by atoms with Gasteiger partial charge in [-0.05, 0) is 48.7 Å². The van der Waals surface area contributed by atoms with Crippen LogP contribution in [0.3, 0.4) is 0 Å². The molecule has 4 aromatic rings. The number of H-pyrrole nitrogens is 1. The lowest BCUT2D eigenvalue weighted by Gasteiger charge is -2.14. The predicted molar refractivity (Wildman–Crippen MR) is 131 cm³/mol. The Morgan fingerprint density at radius 1 is 1.00 bits per heavy atom. The zero-order valence-electron chi connectivity index (χ0n) is 19.1. The van der Waals surface area contributed by atoms with Crippen LogP contribution in [0.15, 0.2) is 71.9 Å². The van der Waals surface area contributed by atoms with E-state index in [-0.39, 0.29) is 28.5 Å². The quantitative estimate of drug-likeness (QED) is 0.366. The van der Waals surface area contributed by atoms with Gasteiger partial charge in [0.15, 0.2) is 11.6 Å². The molecule has 0 radical (unpaired) electrons. The molecule has 37 heavy (non-hydrogen) atoms. The summed E-state index contributed by atoms with van der Waals surface area (Å²) < 4.78 is 34.0. The maximum atomic E-state index is 14.9. The number of benzene rings is 2. The molecule has 3 heterocycles. The van der Waals surface area contributed by atoms with E-state index >= 15 is 0 Å². The number of anilines is 2. The molecule has 1 aliphatic carbocycles. The van der Waals surface area contributed by atoms with Crippen LogP contribution in [0.1, 0.15) is 28.8 Å². The van der Waals surface area contributed by atoms with E-state index in [1.807, 2.05) is 0 Å². The van der Waals surface area contributed by atoms with Gasteiger partial charge in [0.1, 0.15) is 22.9 Å². The number of hydrogen-bond acceptors (Lipinski definition) is 5. The number of aromatic nitrogens is 2. The standard InChI is InChI=1S/C27H18F2N4O4/c28-15-3-1-14(2-4-15)17-12-30-13-18(23(17)34)25(35)32-16-5-6-20(19(29)11-16)37-21-7-10-31-24-22(21)27(8-9-27)26(36)33-24/h1-7,10-13H,8-9H2,(H,30,34)(H,32,35)(H,31,33,36). The Morgan fingerprint density at radius 3 is 2.51 bits per heavy atom. The van der Waals surface area contributed by atoms with E-state index in [0.29, 0.717) is 35.5 Å². The van der Waals surface area contributed by atoms with Crippen LogP contribution in [-0.2, 0) is 10.2 Å². The van der Waals surface area contributed by atoms with E-state index in [4.69, 9.17) is 4.74 Å². The summed E-state index contributed by atoms with van der Waals surface area (Å²) >= 11 is 0. The fourth-order valence-electron chi connectivity index (χ4n) is 4.50. The van der Waals surface area contributed by atoms with Crippen molar-refractivity contribution in [3.63, 3.8) is 0 Å². The molecule has 1 fully saturated rings. The summed E-state index contributed by atoms with van der Waals surface area (Å²) in [6.45, 7) is 0. The van der Waals surface area contributed by atoms with Crippen LogP contribution in [0.4, 0.5) is 20.3 Å². The van der Waals surface area contributed by atoms with Crippen LogP contribution in [0.25, 0.3) is 11.1 Å². The second kappa shape index (κ2) is 8.37. The highest BCUT2D eigenvalue weighted by Gasteiger charge is 2.58. The Balaban J connectivity index is 1.23. The number of nitrogens with one attached hydrogen (secondary N) is 3. The highest BCUT2D eigenvalue weighted by molar-refractivity contribution is 6.08. The number of nitrogens with zero attached hydrogens (tertiary/aromatic N) is 1. The van der Waals surface area contributed by atoms with Gasteiger partial charge in [0.05, 0.1) is 11.0 Å². The number of carbonyl (C=O) groups is 2. The van der Waals surface area contributed by atoms with Gasteiger partial charge >= 0.3 is 0 Å². The lowest BCUT2D eigenvalue weighted by Crippen LogP contribution is -2.22. The number of carbonyl (C=O) groups excluding carboxylic acids is 2. The molecule has 184 valence electrons. The topological polar surface area (TPSA) is 113 Å². The summed E-state index contributed by atoms with van der Waals surface area (Å²) in [5, 5.41) is 5.25. The lowest BCUT2D eigenvalue weighted by molar-refractivity contribution is -0.117. The van der Waals surface area contributed by atoms with Crippen LogP contribution < -0.4 is 20.8 Å². The maximum Gasteiger partial charge on any atom is 0.261 e. The van der Waals surface area contributed by atoms with Crippen molar-refractivity contribution < 1.29 is 23.1 Å². The van der Waals surface area contributed by atoms with Crippen LogP contribution in [0.5, 0.6) is 11.5 Å². The summed E-state index contributed by atoms with van der Waals surface area (Å²) in [5.41, 5.74) is -0.0623. The molecule has 1 spiro atoms. The third-order valence-corrected chi connectivity index (χ3v) is 6.56. The van der Waals surface area contributed by atoms with Gasteiger partial charge in [0.25, 0.3) is 5.91 Å². The summed E-state index contributed by atoms with van der Waals surface area (Å²) in [7, 11) is 0. The van der Waals surface area contributed by atoms with Gasteiger partial charge < -0.3 is 20.4 Å². The van der Waals surface area contributed by atoms with E-state index in [1.165, 1.54) is 55.0 Å². The van der Waals surface area contributed by atoms with E-state index < -0.39 is 28.4 Å². The normalized spacial score (nSPS) is 14.7. The Bertz CT molecular complexity index is 1650. The number of halogens is 2. The van der Waals surface area contributed by atoms with Crippen molar-refractivity contribution in [2.24, 2.45) is 0 Å². The summed E-state index contributed by atoms with van der Waals surface area (Å²) in [6.07, 6.45) is 5.47. The van der Waals surface area contributed by atoms with Crippen molar-refractivity contribution in [2.45, 2.75) is 18.3 Å². The lowest BCUT2D eigenvalue weighted by atomic mass is 9.98. The van der Waals surface area contributed by atoms with Crippen molar-refractivity contribution in [1.82, 2.24) is 9.97 Å². The number of hydrogen-bond donors (Lipinski definition) is 3. The summed E-state index contributed by atoms with van der Waals surface area (Å²) in [4.78, 5) is 45.0. The smallest absolute Gasteiger partial charge is 0.261 e. The Hall–Kier alpha value is -4.86. The van der Waals surface area contributed by atoms with Gasteiger partial charge in [-0.15, -0.1) is 0 Å². The van der Waals surface area contributed by atoms with Crippen molar-refractivity contribution in [2.75, 3.05) is 10.6 Å². The maximum absolute atomic E-state index is 14.9. The molecule has 0 atom stereocenters. The third-order valence-electron chi connectivity index (χ3n) is 6.56. The van der Waals surface area contributed by atoms with Crippen molar-refractivity contribution in [3.8, 4) is 22.6 Å². The Kier molecular flexibility index (Phi) is 5.11. The Labute approximate surface area is 208 Å². The molecule has 10 heteroatoms. The molecule has 2 aromatic heterocycles. The van der Waals surface area contributed by atoms with Crippen LogP contribution in [0, 0.1) is 11.6 Å². The number of ether oxygens (including phenoxy) is 1. The van der Waals surface area contributed by atoms with Crippen LogP contribution in [0.2, 0.25) is 0 Å². The molecule has 2 aromatic carbocycles. The Morgan fingerprint density at radius 2 is 1.78 bits per heavy atom. The summed E-state index contributed by atoms with van der Waals surface area (Å²) in [6, 6.07) is 10.7. The molecule has 8 nitrogen and oxygen atoms in total. The van der Waals surface area contributed by atoms with Crippen LogP contribution >= 0.6 is 0 Å². The molecular weight excluding hydrogens is 482 g/mol. The van der Waals surface area contributed by atoms with Crippen molar-refractivity contribution in [3.05, 3.63) is 100 Å². The predicted octanol–water partition coefficient (Wildman–Crippen LogP) is 4.74. The third kappa shape index (κ3) is 3.83. The average molecular weight is 500 g/mol. The largest absolute Gasteiger partial charge is 0.454 e. The van der Waals surface area contributed by atoms with E-state index in [2.05, 4.69) is 20.6 Å². The van der Waals surface area contributed by atoms with Gasteiger partial charge in [0, 0.05) is 35.9 Å². The SMILES string of the molecule is O=C(Nc1ccc(Oc2ccnc3c2C2(CC2)C(=O)N3)c(F)c1)c1c[nH]cc(-c2ccc(F)cc2)c1=O. The number of aromatic amines is 1. The zero-order chi connectivity index (χ0) is 25.7. The minimum absolute atomic E-state index is 0.0993. The first-order valence-electron chi connectivity index (χ1n) is 11.4. The molecule has 0 saturated heterocycles. The average Bonchev–Trinajstić information content (AvgIpc) is 3.63. The monoisotopic (exact) mass is 500 g/mol. The number of pyridine rings is 2. The molecule has 1 aliphatic heterocycles. The van der Waals surface area contributed by atoms with Gasteiger partial charge in [-0.25, -0.2) is 13.8 Å². The zero-order valence-corrected chi connectivity index (χ0v) is 19.1. The molecule has 0 bridgehead atoms. The highest BCUT2D eigenvalue weighted by atomic mass is 19.1. The number of rotatable bonds is 5. The number of fused-ring (bicyclic) bond motifs is 2. The van der Waals surface area contributed by atoms with Gasteiger partial charge in [-0.3, -0.25) is 14.4 Å². The van der Waals surface area contributed by atoms with Gasteiger partial charge in [-0.2, -0.15) is 0 Å². The second-order valence-corrected chi connectivity index (χ2v) is 8.89. The first kappa shape index (κ1) is 22.6. The molecule has 1 saturated carbocycles. The first-order valence-corrected chi connectivity index (χ1v) is 11.4. The van der Waals surface area contributed by atoms with E-state index in [0.717, 1.165) is 6.07 Å². The number of amides is 2. The fraction of sp³-hybridized carbons (Fsp3) is 0.111. The summed E-state index contributed by atoms with van der Waals surface area (Å²) in [5.74, 6) is -1.43. The van der Waals surface area contributed by atoms with Crippen molar-refractivity contribution in [1.29, 1.82) is 0 Å². The second-order valence-electron chi connectivity index (χ2n) is 8.89. The molecule has 2 aliphatic rings. The molecule has 6 rings (SSSR count). The van der Waals surface area contributed by atoms with Crippen LogP contribution in [-0.4, -0.2) is 21.8 Å². The highest BCUT2D eigenvalue weighted by Crippen LogP contribution is 2.58. The molecule has 3 N–H and O–H groups in total.